The van der Waals surface area contributed by atoms with E-state index in [1.165, 1.54) is 38.3 Å². The van der Waals surface area contributed by atoms with E-state index in [1.54, 1.807) is 6.07 Å². The van der Waals surface area contributed by atoms with Gasteiger partial charge in [-0.15, -0.1) is 0 Å². The molecular formula is C18H25N3O3. The summed E-state index contributed by atoms with van der Waals surface area (Å²) >= 11 is 0. The Bertz CT molecular complexity index is 626. The molecule has 0 bridgehead atoms. The van der Waals surface area contributed by atoms with Crippen molar-refractivity contribution in [2.75, 3.05) is 6.54 Å². The van der Waals surface area contributed by atoms with Crippen LogP contribution in [-0.2, 0) is 17.8 Å². The zero-order chi connectivity index (χ0) is 17.1. The zero-order valence-electron chi connectivity index (χ0n) is 14.2. The van der Waals surface area contributed by atoms with Gasteiger partial charge in [-0.2, -0.15) is 0 Å². The first kappa shape index (κ1) is 16.9. The second-order valence-corrected chi connectivity index (χ2v) is 7.20. The van der Waals surface area contributed by atoms with Gasteiger partial charge < -0.3 is 4.90 Å². The number of rotatable bonds is 4. The molecular weight excluding hydrogens is 306 g/mol. The number of pyridine rings is 1. The van der Waals surface area contributed by atoms with Crippen molar-refractivity contribution in [3.63, 3.8) is 0 Å². The Morgan fingerprint density at radius 1 is 1.42 bits per heavy atom. The third kappa shape index (κ3) is 3.74. The van der Waals surface area contributed by atoms with Gasteiger partial charge in [0.1, 0.15) is 6.20 Å². The molecule has 6 nitrogen and oxygen atoms in total. The third-order valence-corrected chi connectivity index (χ3v) is 5.54. The maximum absolute atomic E-state index is 12.7. The normalized spacial score (nSPS) is 19.6. The second kappa shape index (κ2) is 7.28. The summed E-state index contributed by atoms with van der Waals surface area (Å²) in [6.07, 6.45) is 8.96. The predicted molar refractivity (Wildman–Crippen MR) is 90.4 cm³/mol. The molecule has 2 aliphatic rings. The smallest absolute Gasteiger partial charge is 0.287 e. The highest BCUT2D eigenvalue weighted by Gasteiger charge is 2.27. The first-order valence-corrected chi connectivity index (χ1v) is 8.94. The Kier molecular flexibility index (Phi) is 5.11. The van der Waals surface area contributed by atoms with Crippen LogP contribution in [0.1, 0.15) is 56.7 Å². The Labute approximate surface area is 142 Å². The first-order chi connectivity index (χ1) is 11.5. The van der Waals surface area contributed by atoms with E-state index in [9.17, 15) is 14.9 Å². The van der Waals surface area contributed by atoms with Crippen molar-refractivity contribution in [1.82, 2.24) is 9.88 Å². The van der Waals surface area contributed by atoms with Gasteiger partial charge >= 0.3 is 0 Å². The molecule has 1 aliphatic carbocycles. The first-order valence-electron chi connectivity index (χ1n) is 8.94. The molecule has 0 spiro atoms. The molecule has 3 rings (SSSR count). The van der Waals surface area contributed by atoms with E-state index in [0.717, 1.165) is 11.3 Å². The number of hydrogen-bond acceptors (Lipinski definition) is 4. The summed E-state index contributed by atoms with van der Waals surface area (Å²) < 4.78 is 0. The van der Waals surface area contributed by atoms with Gasteiger partial charge in [0.2, 0.25) is 5.91 Å². The van der Waals surface area contributed by atoms with Crippen molar-refractivity contribution in [3.8, 4) is 0 Å². The molecule has 1 saturated carbocycles. The van der Waals surface area contributed by atoms with Crippen LogP contribution in [0.15, 0.2) is 12.3 Å². The van der Waals surface area contributed by atoms with Crippen molar-refractivity contribution in [2.45, 2.75) is 58.4 Å². The fourth-order valence-electron chi connectivity index (χ4n) is 4.00. The maximum Gasteiger partial charge on any atom is 0.287 e. The molecule has 0 saturated heterocycles. The molecule has 1 amide bonds. The van der Waals surface area contributed by atoms with E-state index in [1.807, 2.05) is 4.90 Å². The highest BCUT2D eigenvalue weighted by Crippen LogP contribution is 2.32. The summed E-state index contributed by atoms with van der Waals surface area (Å²) in [5, 5.41) is 10.9. The highest BCUT2D eigenvalue weighted by molar-refractivity contribution is 5.76. The lowest BCUT2D eigenvalue weighted by molar-refractivity contribution is -0.385. The number of carbonyl (C=O) groups is 1. The number of nitrogens with zero attached hydrogens (tertiary/aromatic N) is 3. The molecule has 6 heteroatoms. The quantitative estimate of drug-likeness (QED) is 0.625. The van der Waals surface area contributed by atoms with Crippen LogP contribution in [0.25, 0.3) is 0 Å². The van der Waals surface area contributed by atoms with Crippen LogP contribution in [0.4, 0.5) is 5.69 Å². The summed E-state index contributed by atoms with van der Waals surface area (Å²) in [6, 6.07) is 1.56. The summed E-state index contributed by atoms with van der Waals surface area (Å²) in [5.74, 6) is 1.26. The van der Waals surface area contributed by atoms with Gasteiger partial charge in [-0.3, -0.25) is 19.9 Å². The number of carbonyl (C=O) groups excluding carboxylic acids is 1. The summed E-state index contributed by atoms with van der Waals surface area (Å²) in [6.45, 7) is 3.30. The van der Waals surface area contributed by atoms with E-state index in [2.05, 4.69) is 11.9 Å². The number of fused-ring (bicyclic) bond motifs is 1. The van der Waals surface area contributed by atoms with Crippen LogP contribution in [0.2, 0.25) is 0 Å². The van der Waals surface area contributed by atoms with Crippen LogP contribution < -0.4 is 0 Å². The average molecular weight is 331 g/mol. The SMILES string of the molecule is C[C@@H](CC(=O)N1CCc2ncc([N+](=O)[O-])cc2C1)C1CCCCC1. The van der Waals surface area contributed by atoms with Gasteiger partial charge in [-0.05, 0) is 17.4 Å². The van der Waals surface area contributed by atoms with Crippen molar-refractivity contribution in [1.29, 1.82) is 0 Å². The number of hydrogen-bond donors (Lipinski definition) is 0. The summed E-state index contributed by atoms with van der Waals surface area (Å²) in [4.78, 5) is 29.2. The van der Waals surface area contributed by atoms with Crippen LogP contribution >= 0.6 is 0 Å². The predicted octanol–water partition coefficient (Wildman–Crippen LogP) is 3.48. The molecule has 24 heavy (non-hydrogen) atoms. The van der Waals surface area contributed by atoms with Crippen LogP contribution in [0.3, 0.4) is 0 Å². The average Bonchev–Trinajstić information content (AvgIpc) is 2.61. The summed E-state index contributed by atoms with van der Waals surface area (Å²) in [5.41, 5.74) is 1.69. The van der Waals surface area contributed by atoms with E-state index in [4.69, 9.17) is 0 Å². The molecule has 0 aromatic carbocycles. The summed E-state index contributed by atoms with van der Waals surface area (Å²) in [7, 11) is 0. The molecule has 0 N–H and O–H groups in total. The molecule has 0 radical (unpaired) electrons. The van der Waals surface area contributed by atoms with E-state index < -0.39 is 4.92 Å². The van der Waals surface area contributed by atoms with E-state index in [0.29, 0.717) is 37.8 Å². The van der Waals surface area contributed by atoms with Crippen molar-refractivity contribution in [2.24, 2.45) is 11.8 Å². The van der Waals surface area contributed by atoms with Gasteiger partial charge in [0.15, 0.2) is 0 Å². The minimum Gasteiger partial charge on any atom is -0.338 e. The highest BCUT2D eigenvalue weighted by atomic mass is 16.6. The standard InChI is InChI=1S/C18H25N3O3/c1-13(14-5-3-2-4-6-14)9-18(22)20-8-7-17-15(12-20)10-16(11-19-17)21(23)24/h10-11,13-14H,2-9,12H2,1H3/t13-/m0/s1. The van der Waals surface area contributed by atoms with Crippen molar-refractivity contribution < 1.29 is 9.72 Å². The molecule has 1 aromatic rings. The zero-order valence-corrected chi connectivity index (χ0v) is 14.2. The number of amides is 1. The van der Waals surface area contributed by atoms with Gasteiger partial charge in [-0.1, -0.05) is 39.0 Å². The molecule has 130 valence electrons. The number of aromatic nitrogens is 1. The van der Waals surface area contributed by atoms with Crippen LogP contribution in [-0.4, -0.2) is 27.3 Å². The van der Waals surface area contributed by atoms with Gasteiger partial charge in [0.05, 0.1) is 4.92 Å². The minimum atomic E-state index is -0.431. The third-order valence-electron chi connectivity index (χ3n) is 5.54. The van der Waals surface area contributed by atoms with Crippen molar-refractivity contribution in [3.05, 3.63) is 33.6 Å². The Morgan fingerprint density at radius 3 is 2.88 bits per heavy atom. The largest absolute Gasteiger partial charge is 0.338 e. The minimum absolute atomic E-state index is 0.00128. The topological polar surface area (TPSA) is 76.3 Å². The fraction of sp³-hybridized carbons (Fsp3) is 0.667. The molecule has 1 atom stereocenters. The molecule has 0 unspecified atom stereocenters. The van der Waals surface area contributed by atoms with E-state index >= 15 is 0 Å². The Balaban J connectivity index is 1.62. The van der Waals surface area contributed by atoms with Crippen LogP contribution in [0, 0.1) is 22.0 Å². The lowest BCUT2D eigenvalue weighted by Gasteiger charge is -2.32. The maximum atomic E-state index is 12.7. The molecule has 2 heterocycles. The molecule has 1 aromatic heterocycles. The van der Waals surface area contributed by atoms with E-state index in [-0.39, 0.29) is 11.6 Å². The Hall–Kier alpha value is -1.98. The lowest BCUT2D eigenvalue weighted by Crippen LogP contribution is -2.37. The van der Waals surface area contributed by atoms with Crippen LogP contribution in [0.5, 0.6) is 0 Å². The van der Waals surface area contributed by atoms with Crippen molar-refractivity contribution >= 4 is 11.6 Å². The lowest BCUT2D eigenvalue weighted by atomic mass is 9.79. The molecule has 1 fully saturated rings. The fourth-order valence-corrected chi connectivity index (χ4v) is 4.00. The molecule has 1 aliphatic heterocycles. The van der Waals surface area contributed by atoms with Gasteiger partial charge in [0, 0.05) is 37.7 Å². The Morgan fingerprint density at radius 2 is 2.17 bits per heavy atom. The van der Waals surface area contributed by atoms with Gasteiger partial charge in [-0.25, -0.2) is 0 Å². The monoisotopic (exact) mass is 331 g/mol. The number of nitro groups is 1. The second-order valence-electron chi connectivity index (χ2n) is 7.20. The van der Waals surface area contributed by atoms with Gasteiger partial charge in [0.25, 0.3) is 5.69 Å².